The van der Waals surface area contributed by atoms with Crippen LogP contribution in [0.25, 0.3) is 0 Å². The molecule has 4 rings (SSSR count). The zero-order valence-electron chi connectivity index (χ0n) is 19.2. The summed E-state index contributed by atoms with van der Waals surface area (Å²) in [7, 11) is 1.83. The van der Waals surface area contributed by atoms with E-state index in [9.17, 15) is 13.6 Å². The van der Waals surface area contributed by atoms with Crippen LogP contribution >= 0.6 is 22.9 Å². The first-order valence-corrected chi connectivity index (χ1v) is 12.6. The molecule has 1 N–H and O–H groups in total. The number of thiazole rings is 1. The number of benzene rings is 1. The van der Waals surface area contributed by atoms with E-state index >= 15 is 0 Å². The van der Waals surface area contributed by atoms with Crippen molar-refractivity contribution >= 4 is 35.1 Å². The van der Waals surface area contributed by atoms with Gasteiger partial charge in [-0.05, 0) is 36.7 Å². The number of aromatic nitrogens is 1. The lowest BCUT2D eigenvalue weighted by molar-refractivity contribution is -0.108. The van der Waals surface area contributed by atoms with Crippen molar-refractivity contribution < 1.29 is 13.6 Å². The smallest absolute Gasteiger partial charge is 0.163 e. The Balaban J connectivity index is 1.62. The first-order chi connectivity index (χ1) is 16.4. The summed E-state index contributed by atoms with van der Waals surface area (Å²) in [5, 5.41) is 6.39. The highest BCUT2D eigenvalue weighted by Gasteiger charge is 2.35. The second kappa shape index (κ2) is 11.0. The molecule has 34 heavy (non-hydrogen) atoms. The Kier molecular flexibility index (Phi) is 8.08. The molecule has 2 unspecified atom stereocenters. The van der Waals surface area contributed by atoms with E-state index in [0.29, 0.717) is 50.0 Å². The van der Waals surface area contributed by atoms with Crippen LogP contribution < -0.4 is 5.32 Å². The van der Waals surface area contributed by atoms with Gasteiger partial charge in [-0.15, -0.1) is 11.3 Å². The molecular formula is C24H28ClF2N5OS. The molecule has 0 amide bonds. The van der Waals surface area contributed by atoms with E-state index in [4.69, 9.17) is 16.6 Å². The summed E-state index contributed by atoms with van der Waals surface area (Å²) < 4.78 is 28.6. The molecule has 2 aliphatic heterocycles. The van der Waals surface area contributed by atoms with Crippen molar-refractivity contribution in [2.75, 3.05) is 39.8 Å². The second-order valence-electron chi connectivity index (χ2n) is 8.72. The number of hydrogen-bond acceptors (Lipinski definition) is 7. The number of likely N-dealkylation sites (tertiary alicyclic amines) is 1. The quantitative estimate of drug-likeness (QED) is 0.518. The molecule has 0 radical (unpaired) electrons. The van der Waals surface area contributed by atoms with Crippen LogP contribution in [0.3, 0.4) is 0 Å². The minimum Gasteiger partial charge on any atom is -0.340 e. The van der Waals surface area contributed by atoms with Crippen LogP contribution in [-0.4, -0.2) is 72.8 Å². The number of hydrogen-bond donors (Lipinski definition) is 1. The fourth-order valence-corrected chi connectivity index (χ4v) is 5.51. The van der Waals surface area contributed by atoms with E-state index in [1.807, 2.05) is 24.3 Å². The molecule has 0 spiro atoms. The highest BCUT2D eigenvalue weighted by molar-refractivity contribution is 7.11. The van der Waals surface area contributed by atoms with Gasteiger partial charge in [0.2, 0.25) is 0 Å². The molecule has 2 aliphatic rings. The molecule has 0 aliphatic carbocycles. The van der Waals surface area contributed by atoms with Gasteiger partial charge < -0.3 is 10.1 Å². The topological polar surface area (TPSA) is 60.8 Å². The Morgan fingerprint density at radius 3 is 2.88 bits per heavy atom. The van der Waals surface area contributed by atoms with Crippen molar-refractivity contribution in [1.82, 2.24) is 20.1 Å². The number of halogens is 3. The average Bonchev–Trinajstić information content (AvgIpc) is 3.44. The van der Waals surface area contributed by atoms with Crippen LogP contribution in [0.1, 0.15) is 30.0 Å². The Morgan fingerprint density at radius 2 is 2.21 bits per heavy atom. The van der Waals surface area contributed by atoms with Gasteiger partial charge in [0.1, 0.15) is 24.3 Å². The Morgan fingerprint density at radius 1 is 1.38 bits per heavy atom. The maximum atomic E-state index is 14.8. The maximum absolute atomic E-state index is 14.8. The van der Waals surface area contributed by atoms with E-state index in [2.05, 4.69) is 15.2 Å². The number of carbonyl (C=O) groups excluding carboxylic acids is 1. The minimum absolute atomic E-state index is 0.159. The van der Waals surface area contributed by atoms with Gasteiger partial charge in [0.05, 0.1) is 6.54 Å². The first-order valence-electron chi connectivity index (χ1n) is 11.3. The molecule has 1 aromatic carbocycles. The van der Waals surface area contributed by atoms with Gasteiger partial charge in [-0.3, -0.25) is 14.8 Å². The molecule has 1 aromatic heterocycles. The number of alkyl halides is 1. The van der Waals surface area contributed by atoms with Crippen molar-refractivity contribution in [3.63, 3.8) is 0 Å². The number of aldehydes is 1. The third kappa shape index (κ3) is 5.54. The second-order valence-corrected chi connectivity index (χ2v) is 10.0. The van der Waals surface area contributed by atoms with Gasteiger partial charge in [0.25, 0.3) is 0 Å². The summed E-state index contributed by atoms with van der Waals surface area (Å²) >= 11 is 7.90. The van der Waals surface area contributed by atoms with Crippen LogP contribution in [0.4, 0.5) is 8.78 Å². The van der Waals surface area contributed by atoms with E-state index in [1.165, 1.54) is 23.5 Å². The maximum Gasteiger partial charge on any atom is 0.163 e. The average molecular weight is 508 g/mol. The van der Waals surface area contributed by atoms with Crippen molar-refractivity contribution in [3.05, 3.63) is 62.5 Å². The normalized spacial score (nSPS) is 23.4. The van der Waals surface area contributed by atoms with Crippen LogP contribution in [0.15, 0.2) is 46.0 Å². The summed E-state index contributed by atoms with van der Waals surface area (Å²) in [6.07, 6.45) is 2.30. The van der Waals surface area contributed by atoms with Crippen molar-refractivity contribution in [2.24, 2.45) is 10.9 Å². The predicted molar refractivity (Wildman–Crippen MR) is 132 cm³/mol. The molecule has 10 heteroatoms. The van der Waals surface area contributed by atoms with Crippen LogP contribution in [0.2, 0.25) is 5.02 Å². The largest absolute Gasteiger partial charge is 0.340 e. The van der Waals surface area contributed by atoms with E-state index in [-0.39, 0.29) is 12.0 Å². The predicted octanol–water partition coefficient (Wildman–Crippen LogP) is 4.09. The van der Waals surface area contributed by atoms with E-state index < -0.39 is 12.0 Å². The van der Waals surface area contributed by atoms with Crippen LogP contribution in [-0.2, 0) is 4.79 Å². The Bertz CT molecular complexity index is 1080. The van der Waals surface area contributed by atoms with E-state index in [0.717, 1.165) is 28.1 Å². The highest BCUT2D eigenvalue weighted by atomic mass is 35.5. The molecule has 182 valence electrons. The highest BCUT2D eigenvalue weighted by Crippen LogP contribution is 2.38. The molecular weight excluding hydrogens is 480 g/mol. The van der Waals surface area contributed by atoms with Gasteiger partial charge >= 0.3 is 0 Å². The molecule has 1 saturated heterocycles. The third-order valence-electron chi connectivity index (χ3n) is 6.27. The van der Waals surface area contributed by atoms with Crippen LogP contribution in [0, 0.1) is 11.7 Å². The SMILES string of the molecule is CCC1=C(CN2CC(F)C(CN(C)CC=O)C2)NC(c2nccs2)=N[C@H]1c1ccc(F)cc1Cl. The number of carbonyl (C=O) groups is 1. The lowest BCUT2D eigenvalue weighted by Crippen LogP contribution is -2.37. The van der Waals surface area contributed by atoms with Crippen molar-refractivity contribution in [1.29, 1.82) is 0 Å². The number of nitrogens with zero attached hydrogens (tertiary/aromatic N) is 4. The van der Waals surface area contributed by atoms with Gasteiger partial charge in [-0.2, -0.15) is 0 Å². The van der Waals surface area contributed by atoms with Gasteiger partial charge in [0, 0.05) is 54.4 Å². The molecule has 3 atom stereocenters. The number of rotatable bonds is 9. The number of amidine groups is 1. The summed E-state index contributed by atoms with van der Waals surface area (Å²) in [5.74, 6) is 0.0743. The number of aliphatic imine (C=N–C) groups is 1. The number of nitrogens with one attached hydrogen (secondary N) is 1. The summed E-state index contributed by atoms with van der Waals surface area (Å²) in [5.41, 5.74) is 2.71. The molecule has 3 heterocycles. The summed E-state index contributed by atoms with van der Waals surface area (Å²) in [6, 6.07) is 3.99. The number of likely N-dealkylation sites (N-methyl/N-ethyl adjacent to an activating group) is 1. The first kappa shape index (κ1) is 24.9. The standard InChI is InChI=1S/C24H28ClF2N5OS/c1-3-17-21(14-32-12-15(20(27)13-32)11-31(2)7-8-33)29-23(24-28-6-9-34-24)30-22(17)18-5-4-16(26)10-19(18)25/h4-6,8-10,15,20,22H,3,7,11-14H2,1-2H3,(H,29,30)/t15?,20?,22-/m1/s1. The fourth-order valence-electron chi connectivity index (χ4n) is 4.65. The Hall–Kier alpha value is -2.20. The molecule has 0 bridgehead atoms. The monoisotopic (exact) mass is 507 g/mol. The van der Waals surface area contributed by atoms with Gasteiger partial charge in [-0.1, -0.05) is 24.6 Å². The van der Waals surface area contributed by atoms with E-state index in [1.54, 1.807) is 12.3 Å². The molecule has 2 aromatic rings. The zero-order valence-corrected chi connectivity index (χ0v) is 20.8. The molecule has 6 nitrogen and oxygen atoms in total. The fraction of sp³-hybridized carbons (Fsp3) is 0.458. The lowest BCUT2D eigenvalue weighted by atomic mass is 9.93. The Labute approximate surface area is 207 Å². The lowest BCUT2D eigenvalue weighted by Gasteiger charge is -2.30. The third-order valence-corrected chi connectivity index (χ3v) is 7.38. The minimum atomic E-state index is -0.960. The zero-order chi connectivity index (χ0) is 24.2. The van der Waals surface area contributed by atoms with Crippen LogP contribution in [0.5, 0.6) is 0 Å². The van der Waals surface area contributed by atoms with Crippen molar-refractivity contribution in [3.8, 4) is 0 Å². The van der Waals surface area contributed by atoms with Crippen molar-refractivity contribution in [2.45, 2.75) is 25.6 Å². The summed E-state index contributed by atoms with van der Waals surface area (Å²) in [4.78, 5) is 24.0. The molecule has 0 saturated carbocycles. The van der Waals surface area contributed by atoms with Gasteiger partial charge in [-0.25, -0.2) is 13.8 Å². The van der Waals surface area contributed by atoms with Gasteiger partial charge in [0.15, 0.2) is 10.8 Å². The summed E-state index contributed by atoms with van der Waals surface area (Å²) in [6.45, 7) is 4.32. The molecule has 1 fully saturated rings.